The Labute approximate surface area is 116 Å². The van der Waals surface area contributed by atoms with E-state index in [2.05, 4.69) is 15.4 Å². The fourth-order valence-corrected chi connectivity index (χ4v) is 2.38. The second-order valence-electron chi connectivity index (χ2n) is 4.88. The number of amides is 1. The Hall–Kier alpha value is -2.21. The molecular formula is C14H16N4O2. The molecule has 2 aromatic rings. The average Bonchev–Trinajstić information content (AvgIpc) is 3.09. The highest BCUT2D eigenvalue weighted by Gasteiger charge is 2.22. The molecule has 6 nitrogen and oxygen atoms in total. The van der Waals surface area contributed by atoms with Gasteiger partial charge in [0, 0.05) is 24.4 Å². The molecule has 104 valence electrons. The quantitative estimate of drug-likeness (QED) is 0.851. The fourth-order valence-electron chi connectivity index (χ4n) is 2.38. The van der Waals surface area contributed by atoms with Gasteiger partial charge in [-0.25, -0.2) is 4.98 Å². The number of aliphatic hydroxyl groups excluding tert-OH is 1. The normalized spacial score (nSPS) is 18.2. The Morgan fingerprint density at radius 1 is 1.35 bits per heavy atom. The van der Waals surface area contributed by atoms with Crippen LogP contribution < -0.4 is 5.32 Å². The van der Waals surface area contributed by atoms with Crippen LogP contribution in [0.5, 0.6) is 0 Å². The number of carbonyl (C=O) groups excluding carboxylic acids is 1. The molecule has 1 aromatic heterocycles. The minimum absolute atomic E-state index is 0.0461. The maximum absolute atomic E-state index is 11.2. The molecule has 3 rings (SSSR count). The largest absolute Gasteiger partial charge is 0.394 e. The molecule has 20 heavy (non-hydrogen) atoms. The lowest BCUT2D eigenvalue weighted by Gasteiger charge is -2.07. The zero-order valence-corrected chi connectivity index (χ0v) is 11.0. The van der Waals surface area contributed by atoms with E-state index < -0.39 is 0 Å². The smallest absolute Gasteiger partial charge is 0.220 e. The number of nitrogens with zero attached hydrogens (tertiary/aromatic N) is 3. The molecule has 0 bridgehead atoms. The third kappa shape index (κ3) is 2.55. The van der Waals surface area contributed by atoms with E-state index in [1.54, 1.807) is 11.0 Å². The number of benzene rings is 1. The molecule has 1 aliphatic rings. The molecule has 1 fully saturated rings. The van der Waals surface area contributed by atoms with Crippen LogP contribution in [0, 0.1) is 0 Å². The van der Waals surface area contributed by atoms with Crippen molar-refractivity contribution in [3.63, 3.8) is 0 Å². The minimum Gasteiger partial charge on any atom is -0.394 e. The van der Waals surface area contributed by atoms with Crippen LogP contribution in [0.1, 0.15) is 17.9 Å². The van der Waals surface area contributed by atoms with Gasteiger partial charge in [0.15, 0.2) is 5.82 Å². The second-order valence-corrected chi connectivity index (χ2v) is 4.88. The molecule has 1 aliphatic heterocycles. The molecule has 0 radical (unpaired) electrons. The summed E-state index contributed by atoms with van der Waals surface area (Å²) in [6.07, 6.45) is 2.17. The fraction of sp³-hybridized carbons (Fsp3) is 0.357. The van der Waals surface area contributed by atoms with E-state index in [-0.39, 0.29) is 18.4 Å². The van der Waals surface area contributed by atoms with Gasteiger partial charge in [0.1, 0.15) is 6.33 Å². The lowest BCUT2D eigenvalue weighted by Crippen LogP contribution is -2.13. The maximum Gasteiger partial charge on any atom is 0.220 e. The number of hydrogen-bond donors (Lipinski definition) is 2. The Kier molecular flexibility index (Phi) is 3.47. The van der Waals surface area contributed by atoms with Crippen molar-refractivity contribution >= 4 is 5.91 Å². The Bertz CT molecular complexity index is 606. The van der Waals surface area contributed by atoms with Crippen LogP contribution in [-0.2, 0) is 11.3 Å². The first-order valence-electron chi connectivity index (χ1n) is 6.63. The van der Waals surface area contributed by atoms with Gasteiger partial charge < -0.3 is 10.4 Å². The SMILES string of the molecule is O=C1CC(c2ccc(-c3ncn(CCO)n3)cc2)CN1. The average molecular weight is 272 g/mol. The first kappa shape index (κ1) is 12.8. The molecule has 1 aromatic carbocycles. The van der Waals surface area contributed by atoms with Crippen LogP contribution in [0.15, 0.2) is 30.6 Å². The van der Waals surface area contributed by atoms with Gasteiger partial charge in [0.2, 0.25) is 5.91 Å². The highest BCUT2D eigenvalue weighted by molar-refractivity contribution is 5.79. The monoisotopic (exact) mass is 272 g/mol. The van der Waals surface area contributed by atoms with Gasteiger partial charge in [0.25, 0.3) is 0 Å². The standard InChI is InChI=1S/C14H16N4O2/c19-6-5-18-9-16-14(17-18)11-3-1-10(2-4-11)12-7-13(20)15-8-12/h1-4,9,12,19H,5-8H2,(H,15,20). The Morgan fingerprint density at radius 2 is 2.15 bits per heavy atom. The van der Waals surface area contributed by atoms with E-state index in [1.807, 2.05) is 24.3 Å². The highest BCUT2D eigenvalue weighted by Crippen LogP contribution is 2.25. The first-order valence-corrected chi connectivity index (χ1v) is 6.63. The van der Waals surface area contributed by atoms with E-state index >= 15 is 0 Å². The Morgan fingerprint density at radius 3 is 2.80 bits per heavy atom. The summed E-state index contributed by atoms with van der Waals surface area (Å²) in [6.45, 7) is 1.20. The first-order chi connectivity index (χ1) is 9.76. The van der Waals surface area contributed by atoms with Crippen molar-refractivity contribution in [3.8, 4) is 11.4 Å². The van der Waals surface area contributed by atoms with Gasteiger partial charge >= 0.3 is 0 Å². The molecule has 0 spiro atoms. The summed E-state index contributed by atoms with van der Waals surface area (Å²) in [5.74, 6) is 1.02. The molecule has 1 saturated heterocycles. The highest BCUT2D eigenvalue weighted by atomic mass is 16.3. The van der Waals surface area contributed by atoms with Crippen LogP contribution in [0.2, 0.25) is 0 Å². The number of hydrogen-bond acceptors (Lipinski definition) is 4. The third-order valence-electron chi connectivity index (χ3n) is 3.48. The van der Waals surface area contributed by atoms with Crippen molar-refractivity contribution in [2.24, 2.45) is 0 Å². The van der Waals surface area contributed by atoms with Gasteiger partial charge in [-0.15, -0.1) is 0 Å². The van der Waals surface area contributed by atoms with Crippen molar-refractivity contribution in [1.29, 1.82) is 0 Å². The van der Waals surface area contributed by atoms with E-state index in [1.165, 1.54) is 0 Å². The summed E-state index contributed by atoms with van der Waals surface area (Å²) >= 11 is 0. The molecular weight excluding hydrogens is 256 g/mol. The van der Waals surface area contributed by atoms with Gasteiger partial charge in [-0.3, -0.25) is 9.48 Å². The van der Waals surface area contributed by atoms with Gasteiger partial charge in [-0.05, 0) is 5.56 Å². The predicted molar refractivity (Wildman–Crippen MR) is 72.9 cm³/mol. The molecule has 0 saturated carbocycles. The number of aliphatic hydroxyl groups is 1. The predicted octanol–water partition coefficient (Wildman–Crippen LogP) is 0.541. The topological polar surface area (TPSA) is 80.0 Å². The van der Waals surface area contributed by atoms with E-state index in [0.717, 1.165) is 11.1 Å². The summed E-state index contributed by atoms with van der Waals surface area (Å²) in [7, 11) is 0. The Balaban J connectivity index is 1.76. The lowest BCUT2D eigenvalue weighted by atomic mass is 9.97. The van der Waals surface area contributed by atoms with E-state index in [9.17, 15) is 4.79 Å². The zero-order valence-electron chi connectivity index (χ0n) is 11.0. The van der Waals surface area contributed by atoms with Gasteiger partial charge in [0.05, 0.1) is 13.2 Å². The van der Waals surface area contributed by atoms with Crippen molar-refractivity contribution in [3.05, 3.63) is 36.2 Å². The number of aromatic nitrogens is 3. The lowest BCUT2D eigenvalue weighted by molar-refractivity contribution is -0.119. The second kappa shape index (κ2) is 5.42. The van der Waals surface area contributed by atoms with Crippen molar-refractivity contribution in [1.82, 2.24) is 20.1 Å². The number of nitrogens with one attached hydrogen (secondary N) is 1. The number of carbonyl (C=O) groups is 1. The minimum atomic E-state index is 0.0461. The molecule has 1 amide bonds. The molecule has 2 heterocycles. The summed E-state index contributed by atoms with van der Waals surface area (Å²) in [5, 5.41) is 16.0. The summed E-state index contributed by atoms with van der Waals surface area (Å²) < 4.78 is 1.61. The van der Waals surface area contributed by atoms with E-state index in [0.29, 0.717) is 25.3 Å². The van der Waals surface area contributed by atoms with Gasteiger partial charge in [-0.2, -0.15) is 5.10 Å². The van der Waals surface area contributed by atoms with Crippen molar-refractivity contribution < 1.29 is 9.90 Å². The summed E-state index contributed by atoms with van der Waals surface area (Å²) in [4.78, 5) is 15.4. The van der Waals surface area contributed by atoms with Gasteiger partial charge in [-0.1, -0.05) is 24.3 Å². The van der Waals surface area contributed by atoms with Crippen LogP contribution in [0.4, 0.5) is 0 Å². The molecule has 1 atom stereocenters. The van der Waals surface area contributed by atoms with Crippen LogP contribution >= 0.6 is 0 Å². The van der Waals surface area contributed by atoms with Crippen molar-refractivity contribution in [2.45, 2.75) is 18.9 Å². The molecule has 1 unspecified atom stereocenters. The van der Waals surface area contributed by atoms with Crippen LogP contribution in [0.3, 0.4) is 0 Å². The summed E-state index contributed by atoms with van der Waals surface area (Å²) in [5.41, 5.74) is 2.09. The van der Waals surface area contributed by atoms with E-state index in [4.69, 9.17) is 5.11 Å². The van der Waals surface area contributed by atoms with Crippen LogP contribution in [0.25, 0.3) is 11.4 Å². The maximum atomic E-state index is 11.2. The third-order valence-corrected chi connectivity index (χ3v) is 3.48. The molecule has 2 N–H and O–H groups in total. The summed E-state index contributed by atoms with van der Waals surface area (Å²) in [6, 6.07) is 7.98. The van der Waals surface area contributed by atoms with Crippen LogP contribution in [-0.4, -0.2) is 38.9 Å². The molecule has 6 heteroatoms. The molecule has 0 aliphatic carbocycles. The number of rotatable bonds is 4. The van der Waals surface area contributed by atoms with Crippen molar-refractivity contribution in [2.75, 3.05) is 13.2 Å². The zero-order chi connectivity index (χ0) is 13.9.